The second-order valence-electron chi connectivity index (χ2n) is 8.15. The molecule has 0 spiro atoms. The van der Waals surface area contributed by atoms with Crippen LogP contribution in [0.25, 0.3) is 0 Å². The van der Waals surface area contributed by atoms with Gasteiger partial charge in [-0.1, -0.05) is 42.5 Å². The van der Waals surface area contributed by atoms with E-state index < -0.39 is 6.04 Å². The van der Waals surface area contributed by atoms with Crippen LogP contribution in [0.3, 0.4) is 0 Å². The van der Waals surface area contributed by atoms with E-state index in [1.807, 2.05) is 48.1 Å². The number of hydrogen-bond donors (Lipinski definition) is 2. The molecule has 2 N–H and O–H groups in total. The van der Waals surface area contributed by atoms with Gasteiger partial charge in [0, 0.05) is 38.1 Å². The lowest BCUT2D eigenvalue weighted by atomic mass is 10.0. The zero-order valence-electron chi connectivity index (χ0n) is 18.8. The zero-order chi connectivity index (χ0) is 22.3. The number of nitrogens with zero attached hydrogens (tertiary/aromatic N) is 3. The van der Waals surface area contributed by atoms with E-state index in [-0.39, 0.29) is 6.03 Å². The maximum absolute atomic E-state index is 13.0. The molecule has 2 aromatic carbocycles. The molecule has 1 aliphatic rings. The van der Waals surface area contributed by atoms with Crippen molar-refractivity contribution in [1.82, 2.24) is 25.1 Å². The van der Waals surface area contributed by atoms with Crippen molar-refractivity contribution in [1.29, 1.82) is 0 Å². The van der Waals surface area contributed by atoms with Gasteiger partial charge in [0.1, 0.15) is 17.6 Å². The van der Waals surface area contributed by atoms with Crippen molar-refractivity contribution in [2.24, 2.45) is 7.05 Å². The first kappa shape index (κ1) is 21.9. The fourth-order valence-corrected chi connectivity index (χ4v) is 4.27. The van der Waals surface area contributed by atoms with Crippen molar-refractivity contribution in [3.8, 4) is 5.75 Å². The SMILES string of the molecule is COc1ccccc1C(NC(=O)NCc1ccccc1CN1CCCC1)c1nccn1C. The van der Waals surface area contributed by atoms with Gasteiger partial charge < -0.3 is 19.9 Å². The van der Waals surface area contributed by atoms with E-state index in [1.54, 1.807) is 13.3 Å². The molecule has 168 valence electrons. The molecule has 2 heterocycles. The maximum atomic E-state index is 13.0. The number of para-hydroxylation sites is 1. The number of methoxy groups -OCH3 is 1. The van der Waals surface area contributed by atoms with Crippen molar-refractivity contribution in [2.75, 3.05) is 20.2 Å². The van der Waals surface area contributed by atoms with Crippen molar-refractivity contribution in [3.63, 3.8) is 0 Å². The Morgan fingerprint density at radius 2 is 1.81 bits per heavy atom. The van der Waals surface area contributed by atoms with E-state index in [1.165, 1.54) is 18.4 Å². The fourth-order valence-electron chi connectivity index (χ4n) is 4.27. The van der Waals surface area contributed by atoms with Crippen LogP contribution in [0.1, 0.15) is 41.4 Å². The molecule has 7 nitrogen and oxygen atoms in total. The topological polar surface area (TPSA) is 71.4 Å². The van der Waals surface area contributed by atoms with Crippen LogP contribution in [0.2, 0.25) is 0 Å². The molecule has 1 aromatic heterocycles. The van der Waals surface area contributed by atoms with Crippen LogP contribution < -0.4 is 15.4 Å². The van der Waals surface area contributed by atoms with Gasteiger partial charge in [0.25, 0.3) is 0 Å². The van der Waals surface area contributed by atoms with Gasteiger partial charge in [-0.15, -0.1) is 0 Å². The summed E-state index contributed by atoms with van der Waals surface area (Å²) in [5, 5.41) is 6.13. The highest BCUT2D eigenvalue weighted by atomic mass is 16.5. The van der Waals surface area contributed by atoms with Crippen molar-refractivity contribution in [3.05, 3.63) is 83.4 Å². The van der Waals surface area contributed by atoms with E-state index in [2.05, 4.69) is 38.7 Å². The van der Waals surface area contributed by atoms with Gasteiger partial charge in [-0.3, -0.25) is 4.90 Å². The number of aromatic nitrogens is 2. The molecule has 1 saturated heterocycles. The van der Waals surface area contributed by atoms with Crippen LogP contribution >= 0.6 is 0 Å². The predicted octanol–water partition coefficient (Wildman–Crippen LogP) is 3.61. The number of hydrogen-bond acceptors (Lipinski definition) is 4. The van der Waals surface area contributed by atoms with Crippen molar-refractivity contribution < 1.29 is 9.53 Å². The molecule has 3 aromatic rings. The number of amides is 2. The van der Waals surface area contributed by atoms with Crippen molar-refractivity contribution >= 4 is 6.03 Å². The number of carbonyl (C=O) groups is 1. The van der Waals surface area contributed by atoms with Crippen molar-refractivity contribution in [2.45, 2.75) is 32.0 Å². The normalized spacial score (nSPS) is 14.8. The molecule has 2 amide bonds. The monoisotopic (exact) mass is 433 g/mol. The summed E-state index contributed by atoms with van der Waals surface area (Å²) in [5.74, 6) is 1.44. The molecule has 4 rings (SSSR count). The second-order valence-corrected chi connectivity index (χ2v) is 8.15. The summed E-state index contributed by atoms with van der Waals surface area (Å²) in [6.45, 7) is 3.69. The van der Waals surface area contributed by atoms with E-state index >= 15 is 0 Å². The lowest BCUT2D eigenvalue weighted by Crippen LogP contribution is -2.39. The van der Waals surface area contributed by atoms with Crippen LogP contribution in [0.15, 0.2) is 60.9 Å². The molecule has 1 atom stereocenters. The number of carbonyl (C=O) groups excluding carboxylic acids is 1. The molecular formula is C25H31N5O2. The lowest BCUT2D eigenvalue weighted by molar-refractivity contribution is 0.237. The molecule has 1 aliphatic heterocycles. The average molecular weight is 434 g/mol. The number of ether oxygens (including phenoxy) is 1. The van der Waals surface area contributed by atoms with Gasteiger partial charge in [-0.25, -0.2) is 9.78 Å². The Labute approximate surface area is 189 Å². The quantitative estimate of drug-likeness (QED) is 0.569. The van der Waals surface area contributed by atoms with E-state index in [4.69, 9.17) is 4.74 Å². The van der Waals surface area contributed by atoms with Gasteiger partial charge >= 0.3 is 6.03 Å². The van der Waals surface area contributed by atoms with Gasteiger partial charge in [0.05, 0.1) is 7.11 Å². The molecule has 32 heavy (non-hydrogen) atoms. The van der Waals surface area contributed by atoms with Crippen LogP contribution in [0.4, 0.5) is 4.79 Å². The summed E-state index contributed by atoms with van der Waals surface area (Å²) in [6.07, 6.45) is 6.12. The van der Waals surface area contributed by atoms with Crippen LogP contribution in [0.5, 0.6) is 5.75 Å². The standard InChI is InChI=1S/C25H31N5O2/c1-29-16-13-26-24(29)23(21-11-5-6-12-22(21)32-2)28-25(31)27-17-19-9-3-4-10-20(19)18-30-14-7-8-15-30/h3-6,9-13,16,23H,7-8,14-15,17-18H2,1-2H3,(H2,27,28,31). The third-order valence-electron chi connectivity index (χ3n) is 5.99. The molecule has 0 saturated carbocycles. The molecule has 0 aliphatic carbocycles. The Balaban J connectivity index is 1.47. The highest BCUT2D eigenvalue weighted by Gasteiger charge is 2.24. The van der Waals surface area contributed by atoms with E-state index in [0.29, 0.717) is 12.3 Å². The Morgan fingerprint density at radius 3 is 2.53 bits per heavy atom. The minimum absolute atomic E-state index is 0.250. The average Bonchev–Trinajstić information content (AvgIpc) is 3.48. The molecule has 0 radical (unpaired) electrons. The Hall–Kier alpha value is -3.32. The molecule has 0 bridgehead atoms. The maximum Gasteiger partial charge on any atom is 0.315 e. The predicted molar refractivity (Wildman–Crippen MR) is 124 cm³/mol. The fraction of sp³-hybridized carbons (Fsp3) is 0.360. The highest BCUT2D eigenvalue weighted by Crippen LogP contribution is 2.29. The third-order valence-corrected chi connectivity index (χ3v) is 5.99. The first-order valence-corrected chi connectivity index (χ1v) is 11.1. The Morgan fingerprint density at radius 1 is 1.09 bits per heavy atom. The van der Waals surface area contributed by atoms with Crippen LogP contribution in [-0.2, 0) is 20.1 Å². The summed E-state index contributed by atoms with van der Waals surface area (Å²) in [5.41, 5.74) is 3.26. The summed E-state index contributed by atoms with van der Waals surface area (Å²) in [4.78, 5) is 19.9. The summed E-state index contributed by atoms with van der Waals surface area (Å²) in [6, 6.07) is 15.3. The van der Waals surface area contributed by atoms with Gasteiger partial charge in [0.2, 0.25) is 0 Å². The largest absolute Gasteiger partial charge is 0.496 e. The van der Waals surface area contributed by atoms with Gasteiger partial charge in [0.15, 0.2) is 0 Å². The minimum atomic E-state index is -0.439. The molecule has 1 fully saturated rings. The molecule has 1 unspecified atom stereocenters. The van der Waals surface area contributed by atoms with Crippen LogP contribution in [0, 0.1) is 0 Å². The van der Waals surface area contributed by atoms with Gasteiger partial charge in [-0.2, -0.15) is 0 Å². The van der Waals surface area contributed by atoms with E-state index in [0.717, 1.165) is 36.6 Å². The number of benzene rings is 2. The zero-order valence-corrected chi connectivity index (χ0v) is 18.8. The highest BCUT2D eigenvalue weighted by molar-refractivity contribution is 5.75. The third kappa shape index (κ3) is 5.11. The summed E-state index contributed by atoms with van der Waals surface area (Å²) >= 11 is 0. The number of rotatable bonds is 8. The first-order valence-electron chi connectivity index (χ1n) is 11.1. The lowest BCUT2D eigenvalue weighted by Gasteiger charge is -2.22. The number of nitrogens with one attached hydrogen (secondary N) is 2. The second kappa shape index (κ2) is 10.3. The van der Waals surface area contributed by atoms with Gasteiger partial charge in [-0.05, 0) is 43.1 Å². The van der Waals surface area contributed by atoms with Crippen LogP contribution in [-0.4, -0.2) is 40.7 Å². The number of aryl methyl sites for hydroxylation is 1. The minimum Gasteiger partial charge on any atom is -0.496 e. The summed E-state index contributed by atoms with van der Waals surface area (Å²) < 4.78 is 7.45. The number of likely N-dealkylation sites (tertiary alicyclic amines) is 1. The Bertz CT molecular complexity index is 1040. The Kier molecular flexibility index (Phi) is 7.07. The molecule has 7 heteroatoms. The first-order chi connectivity index (χ1) is 15.7. The number of urea groups is 1. The van der Waals surface area contributed by atoms with E-state index in [9.17, 15) is 4.79 Å². The number of imidazole rings is 1. The molecular weight excluding hydrogens is 402 g/mol. The summed E-state index contributed by atoms with van der Waals surface area (Å²) in [7, 11) is 3.55. The smallest absolute Gasteiger partial charge is 0.315 e.